The molecule has 1 atom stereocenters. The number of hydrogen-bond donors (Lipinski definition) is 1. The lowest BCUT2D eigenvalue weighted by atomic mass is 10.0. The topological polar surface area (TPSA) is 29.1 Å². The molecule has 92 valence electrons. The van der Waals surface area contributed by atoms with Crippen molar-refractivity contribution in [3.63, 3.8) is 0 Å². The second-order valence-corrected chi connectivity index (χ2v) is 6.23. The third-order valence-electron chi connectivity index (χ3n) is 2.29. The van der Waals surface area contributed by atoms with Crippen molar-refractivity contribution >= 4 is 27.4 Å². The van der Waals surface area contributed by atoms with Crippen LogP contribution in [0.3, 0.4) is 0 Å². The van der Waals surface area contributed by atoms with Crippen molar-refractivity contribution in [1.29, 1.82) is 0 Å². The summed E-state index contributed by atoms with van der Waals surface area (Å²) in [7, 11) is 3.67. The van der Waals surface area contributed by atoms with E-state index in [4.69, 9.17) is 0 Å². The van der Waals surface area contributed by atoms with Crippen LogP contribution >= 0.6 is 21.6 Å². The summed E-state index contributed by atoms with van der Waals surface area (Å²) >= 11 is 0. The standard InChI is InChI=1S/C11H23NOS2.H2/c1-4-10(3)11(13)6-8-14-15-9-7-12-5-2;/h10,12H,4-9H2,1-3H3;1H. The van der Waals surface area contributed by atoms with E-state index in [0.29, 0.717) is 5.78 Å². The predicted octanol–water partition coefficient (Wildman–Crippen LogP) is 3.23. The van der Waals surface area contributed by atoms with E-state index >= 15 is 0 Å². The summed E-state index contributed by atoms with van der Waals surface area (Å²) in [6.07, 6.45) is 1.70. The van der Waals surface area contributed by atoms with Gasteiger partial charge in [0.25, 0.3) is 0 Å². The summed E-state index contributed by atoms with van der Waals surface area (Å²) in [6, 6.07) is 0. The van der Waals surface area contributed by atoms with Crippen molar-refractivity contribution in [2.24, 2.45) is 5.92 Å². The largest absolute Gasteiger partial charge is 0.316 e. The first kappa shape index (κ1) is 15.3. The molecule has 0 aromatic rings. The number of hydrogen-bond acceptors (Lipinski definition) is 4. The minimum atomic E-state index is 0. The molecule has 15 heavy (non-hydrogen) atoms. The quantitative estimate of drug-likeness (QED) is 0.477. The molecule has 0 bridgehead atoms. The smallest absolute Gasteiger partial charge is 0.136 e. The third-order valence-corrected chi connectivity index (χ3v) is 4.70. The number of nitrogens with one attached hydrogen (secondary N) is 1. The molecule has 0 radical (unpaired) electrons. The summed E-state index contributed by atoms with van der Waals surface area (Å²) in [4.78, 5) is 11.5. The fraction of sp³-hybridized carbons (Fsp3) is 0.909. The highest BCUT2D eigenvalue weighted by Gasteiger charge is 2.09. The average molecular weight is 251 g/mol. The summed E-state index contributed by atoms with van der Waals surface area (Å²) in [5.41, 5.74) is 0. The van der Waals surface area contributed by atoms with Crippen LogP contribution in [0.25, 0.3) is 0 Å². The van der Waals surface area contributed by atoms with E-state index < -0.39 is 0 Å². The zero-order valence-electron chi connectivity index (χ0n) is 10.0. The molecule has 0 amide bonds. The monoisotopic (exact) mass is 251 g/mol. The molecule has 1 N–H and O–H groups in total. The lowest BCUT2D eigenvalue weighted by Crippen LogP contribution is -2.15. The van der Waals surface area contributed by atoms with E-state index in [1.54, 1.807) is 0 Å². The van der Waals surface area contributed by atoms with Gasteiger partial charge in [-0.2, -0.15) is 0 Å². The van der Waals surface area contributed by atoms with Gasteiger partial charge < -0.3 is 5.32 Å². The summed E-state index contributed by atoms with van der Waals surface area (Å²) < 4.78 is 0. The van der Waals surface area contributed by atoms with Crippen LogP contribution in [0.2, 0.25) is 0 Å². The molecule has 0 aliphatic rings. The van der Waals surface area contributed by atoms with Crippen LogP contribution in [0.1, 0.15) is 35.0 Å². The summed E-state index contributed by atoms with van der Waals surface area (Å²) in [6.45, 7) is 8.31. The van der Waals surface area contributed by atoms with Gasteiger partial charge in [0.05, 0.1) is 0 Å². The van der Waals surface area contributed by atoms with Gasteiger partial charge in [-0.05, 0) is 13.0 Å². The Morgan fingerprint density at radius 2 is 2.00 bits per heavy atom. The second kappa shape index (κ2) is 10.8. The molecule has 0 aromatic heterocycles. The van der Waals surface area contributed by atoms with Crippen LogP contribution in [0.5, 0.6) is 0 Å². The van der Waals surface area contributed by atoms with Crippen LogP contribution in [0, 0.1) is 5.92 Å². The molecule has 0 rings (SSSR count). The second-order valence-electron chi connectivity index (χ2n) is 3.52. The zero-order chi connectivity index (χ0) is 11.5. The fourth-order valence-electron chi connectivity index (χ4n) is 1.02. The molecule has 4 heteroatoms. The molecular formula is C11H25NOS2. The molecule has 0 saturated heterocycles. The van der Waals surface area contributed by atoms with E-state index in [0.717, 1.165) is 37.4 Å². The molecule has 0 aliphatic carbocycles. The predicted molar refractivity (Wildman–Crippen MR) is 74.7 cm³/mol. The molecular weight excluding hydrogens is 226 g/mol. The fourth-order valence-corrected chi connectivity index (χ4v) is 2.98. The Kier molecular flexibility index (Phi) is 11.1. The minimum absolute atomic E-state index is 0. The Balaban J connectivity index is 0. The van der Waals surface area contributed by atoms with Gasteiger partial charge in [-0.1, -0.05) is 42.4 Å². The Bertz CT molecular complexity index is 170. The van der Waals surface area contributed by atoms with Gasteiger partial charge in [0, 0.05) is 31.8 Å². The zero-order valence-corrected chi connectivity index (χ0v) is 11.7. The maximum Gasteiger partial charge on any atom is 0.136 e. The molecule has 1 unspecified atom stereocenters. The Hall–Kier alpha value is 0.330. The average Bonchev–Trinajstić information content (AvgIpc) is 2.26. The number of rotatable bonds is 10. The molecule has 2 nitrogen and oxygen atoms in total. The van der Waals surface area contributed by atoms with Crippen molar-refractivity contribution in [3.8, 4) is 0 Å². The first-order valence-corrected chi connectivity index (χ1v) is 8.19. The van der Waals surface area contributed by atoms with Gasteiger partial charge in [-0.3, -0.25) is 4.79 Å². The van der Waals surface area contributed by atoms with Gasteiger partial charge in [0.2, 0.25) is 0 Å². The summed E-state index contributed by atoms with van der Waals surface area (Å²) in [5.74, 6) is 2.74. The lowest BCUT2D eigenvalue weighted by Gasteiger charge is -2.06. The van der Waals surface area contributed by atoms with Gasteiger partial charge in [-0.25, -0.2) is 0 Å². The summed E-state index contributed by atoms with van der Waals surface area (Å²) in [5, 5.41) is 3.27. The number of ketones is 1. The van der Waals surface area contributed by atoms with Gasteiger partial charge in [0.15, 0.2) is 0 Å². The number of carbonyl (C=O) groups excluding carboxylic acids is 1. The molecule has 0 saturated carbocycles. The maximum absolute atomic E-state index is 11.5. The third kappa shape index (κ3) is 9.27. The van der Waals surface area contributed by atoms with Crippen LogP contribution in [0.15, 0.2) is 0 Å². The Morgan fingerprint density at radius 3 is 2.60 bits per heavy atom. The van der Waals surface area contributed by atoms with Crippen molar-refractivity contribution in [2.75, 3.05) is 24.6 Å². The van der Waals surface area contributed by atoms with E-state index in [9.17, 15) is 4.79 Å². The van der Waals surface area contributed by atoms with Gasteiger partial charge >= 0.3 is 0 Å². The van der Waals surface area contributed by atoms with Crippen LogP contribution in [0.4, 0.5) is 0 Å². The maximum atomic E-state index is 11.5. The Morgan fingerprint density at radius 1 is 1.33 bits per heavy atom. The number of Topliss-reactive ketones (excluding diaryl/α,β-unsaturated/α-hetero) is 1. The van der Waals surface area contributed by atoms with E-state index in [-0.39, 0.29) is 7.34 Å². The molecule has 0 aromatic carbocycles. The molecule has 0 aliphatic heterocycles. The Labute approximate surface area is 103 Å². The minimum Gasteiger partial charge on any atom is -0.316 e. The van der Waals surface area contributed by atoms with Crippen LogP contribution in [-0.4, -0.2) is 30.4 Å². The molecule has 0 fully saturated rings. The van der Waals surface area contributed by atoms with E-state index in [1.165, 1.54) is 0 Å². The highest BCUT2D eigenvalue weighted by molar-refractivity contribution is 8.76. The van der Waals surface area contributed by atoms with Gasteiger partial charge in [-0.15, -0.1) is 0 Å². The molecule has 0 heterocycles. The van der Waals surface area contributed by atoms with Crippen molar-refractivity contribution in [1.82, 2.24) is 5.32 Å². The highest BCUT2D eigenvalue weighted by Crippen LogP contribution is 2.22. The molecule has 0 spiro atoms. The van der Waals surface area contributed by atoms with E-state index in [2.05, 4.69) is 19.2 Å². The highest BCUT2D eigenvalue weighted by atomic mass is 33.1. The lowest BCUT2D eigenvalue weighted by molar-refractivity contribution is -0.122. The normalized spacial score (nSPS) is 12.7. The SMILES string of the molecule is CCNCCSSCCC(=O)C(C)CC.[HH]. The van der Waals surface area contributed by atoms with Crippen molar-refractivity contribution in [2.45, 2.75) is 33.6 Å². The first-order chi connectivity index (χ1) is 7.22. The van der Waals surface area contributed by atoms with Crippen molar-refractivity contribution < 1.29 is 6.22 Å². The number of carbonyl (C=O) groups is 1. The first-order valence-electron chi connectivity index (χ1n) is 5.70. The van der Waals surface area contributed by atoms with E-state index in [1.807, 2.05) is 28.5 Å². The van der Waals surface area contributed by atoms with Crippen LogP contribution in [-0.2, 0) is 4.79 Å². The van der Waals surface area contributed by atoms with Crippen molar-refractivity contribution in [3.05, 3.63) is 0 Å². The van der Waals surface area contributed by atoms with Crippen LogP contribution < -0.4 is 5.32 Å². The van der Waals surface area contributed by atoms with Gasteiger partial charge in [0.1, 0.15) is 5.78 Å².